The Kier molecular flexibility index (Phi) is 3.59. The van der Waals surface area contributed by atoms with Crippen molar-refractivity contribution in [2.75, 3.05) is 18.0 Å². The van der Waals surface area contributed by atoms with Crippen LogP contribution in [0.2, 0.25) is 0 Å². The van der Waals surface area contributed by atoms with Gasteiger partial charge in [-0.15, -0.1) is 0 Å². The van der Waals surface area contributed by atoms with Crippen molar-refractivity contribution >= 4 is 11.8 Å². The molecule has 0 saturated carbocycles. The number of carboxylic acids is 1. The number of aliphatic hydroxyl groups is 1. The topological polar surface area (TPSA) is 73.7 Å². The predicted octanol–water partition coefficient (Wildman–Crippen LogP) is 1.52. The van der Waals surface area contributed by atoms with E-state index in [9.17, 15) is 23.1 Å². The van der Waals surface area contributed by atoms with Crippen LogP contribution in [0.25, 0.3) is 0 Å². The minimum absolute atomic E-state index is 0.00287. The monoisotopic (exact) mass is 290 g/mol. The zero-order valence-corrected chi connectivity index (χ0v) is 10.4. The third kappa shape index (κ3) is 2.69. The minimum atomic E-state index is -4.52. The summed E-state index contributed by atoms with van der Waals surface area (Å²) in [5.41, 5.74) is -2.73. The Labute approximate surface area is 112 Å². The van der Waals surface area contributed by atoms with Crippen molar-refractivity contribution in [3.63, 3.8) is 0 Å². The van der Waals surface area contributed by atoms with Crippen molar-refractivity contribution in [1.29, 1.82) is 0 Å². The molecule has 2 rings (SSSR count). The maximum atomic E-state index is 12.9. The molecule has 0 unspecified atom stereocenters. The number of nitrogens with zero attached hydrogens (tertiary/aromatic N) is 2. The van der Waals surface area contributed by atoms with E-state index in [4.69, 9.17) is 5.11 Å². The van der Waals surface area contributed by atoms with E-state index in [1.807, 2.05) is 0 Å². The normalized spacial score (nSPS) is 18.9. The molecule has 0 spiro atoms. The van der Waals surface area contributed by atoms with Crippen molar-refractivity contribution in [2.24, 2.45) is 0 Å². The standard InChI is InChI=1S/C12H13F3N2O3/c13-12(14,15)8-2-1-5-16-9(8)17-6-3-11(20,4-7-17)10(18)19/h1-2,5,20H,3-4,6-7H2,(H,18,19). The fourth-order valence-electron chi connectivity index (χ4n) is 2.17. The average Bonchev–Trinajstić information content (AvgIpc) is 2.38. The van der Waals surface area contributed by atoms with Crippen LogP contribution >= 0.6 is 0 Å². The van der Waals surface area contributed by atoms with Crippen LogP contribution in [0.4, 0.5) is 19.0 Å². The van der Waals surface area contributed by atoms with Gasteiger partial charge in [0.2, 0.25) is 0 Å². The van der Waals surface area contributed by atoms with E-state index >= 15 is 0 Å². The predicted molar refractivity (Wildman–Crippen MR) is 63.3 cm³/mol. The molecule has 1 saturated heterocycles. The first-order valence-electron chi connectivity index (χ1n) is 5.97. The van der Waals surface area contributed by atoms with Gasteiger partial charge in [0.25, 0.3) is 0 Å². The van der Waals surface area contributed by atoms with E-state index in [1.54, 1.807) is 0 Å². The number of hydrogen-bond donors (Lipinski definition) is 2. The highest BCUT2D eigenvalue weighted by Gasteiger charge is 2.42. The summed E-state index contributed by atoms with van der Waals surface area (Å²) in [7, 11) is 0. The highest BCUT2D eigenvalue weighted by Crippen LogP contribution is 2.36. The van der Waals surface area contributed by atoms with Crippen molar-refractivity contribution < 1.29 is 28.2 Å². The number of anilines is 1. The lowest BCUT2D eigenvalue weighted by atomic mass is 9.91. The zero-order chi connectivity index (χ0) is 15.0. The lowest BCUT2D eigenvalue weighted by Crippen LogP contribution is -2.49. The van der Waals surface area contributed by atoms with E-state index in [2.05, 4.69) is 4.98 Å². The molecule has 110 valence electrons. The van der Waals surface area contributed by atoms with Crippen LogP contribution in [0, 0.1) is 0 Å². The Balaban J connectivity index is 2.22. The summed E-state index contributed by atoms with van der Waals surface area (Å²) in [5, 5.41) is 18.6. The number of rotatable bonds is 2. The largest absolute Gasteiger partial charge is 0.479 e. The van der Waals surface area contributed by atoms with Crippen LogP contribution in [0.3, 0.4) is 0 Å². The number of aliphatic carboxylic acids is 1. The van der Waals surface area contributed by atoms with Crippen LogP contribution in [-0.2, 0) is 11.0 Å². The number of carbonyl (C=O) groups is 1. The van der Waals surface area contributed by atoms with Crippen LogP contribution < -0.4 is 4.90 Å². The maximum absolute atomic E-state index is 12.9. The van der Waals surface area contributed by atoms with Gasteiger partial charge in [-0.1, -0.05) is 0 Å². The molecule has 2 N–H and O–H groups in total. The lowest BCUT2D eigenvalue weighted by Gasteiger charge is -2.36. The second kappa shape index (κ2) is 4.93. The van der Waals surface area contributed by atoms with Gasteiger partial charge < -0.3 is 15.1 Å². The highest BCUT2D eigenvalue weighted by molar-refractivity contribution is 5.77. The molecule has 1 aromatic heterocycles. The summed E-state index contributed by atoms with van der Waals surface area (Å²) < 4.78 is 38.6. The summed E-state index contributed by atoms with van der Waals surface area (Å²) in [5.74, 6) is -1.58. The van der Waals surface area contributed by atoms with Crippen molar-refractivity contribution in [3.8, 4) is 0 Å². The molecule has 1 aliphatic heterocycles. The molecule has 8 heteroatoms. The summed E-state index contributed by atoms with van der Waals surface area (Å²) in [6, 6.07) is 2.13. The fourth-order valence-corrected chi connectivity index (χ4v) is 2.17. The third-order valence-corrected chi connectivity index (χ3v) is 3.38. The van der Waals surface area contributed by atoms with Gasteiger partial charge in [-0.3, -0.25) is 0 Å². The highest BCUT2D eigenvalue weighted by atomic mass is 19.4. The Bertz CT molecular complexity index is 511. The quantitative estimate of drug-likeness (QED) is 0.864. The number of pyridine rings is 1. The molecular formula is C12H13F3N2O3. The van der Waals surface area contributed by atoms with Crippen LogP contribution in [0.5, 0.6) is 0 Å². The molecule has 0 bridgehead atoms. The molecule has 20 heavy (non-hydrogen) atoms. The van der Waals surface area contributed by atoms with Gasteiger partial charge in [0.15, 0.2) is 5.60 Å². The molecule has 1 aromatic rings. The summed E-state index contributed by atoms with van der Waals surface area (Å²) in [6.45, 7) is 0.00574. The van der Waals surface area contributed by atoms with Gasteiger partial charge in [-0.05, 0) is 12.1 Å². The van der Waals surface area contributed by atoms with Gasteiger partial charge in [0.05, 0.1) is 5.56 Å². The molecule has 1 fully saturated rings. The van der Waals surface area contributed by atoms with Gasteiger partial charge >= 0.3 is 12.1 Å². The van der Waals surface area contributed by atoms with Crippen molar-refractivity contribution in [2.45, 2.75) is 24.6 Å². The Morgan fingerprint density at radius 2 is 1.95 bits per heavy atom. The Hall–Kier alpha value is -1.83. The SMILES string of the molecule is O=C(O)C1(O)CCN(c2ncccc2C(F)(F)F)CC1. The van der Waals surface area contributed by atoms with Gasteiger partial charge in [0, 0.05) is 32.1 Å². The lowest BCUT2D eigenvalue weighted by molar-refractivity contribution is -0.160. The van der Waals surface area contributed by atoms with Crippen molar-refractivity contribution in [1.82, 2.24) is 4.98 Å². The average molecular weight is 290 g/mol. The first-order chi connectivity index (χ1) is 9.24. The molecular weight excluding hydrogens is 277 g/mol. The summed E-state index contributed by atoms with van der Waals surface area (Å²) in [6.07, 6.45) is -3.56. The molecule has 0 aromatic carbocycles. The number of hydrogen-bond acceptors (Lipinski definition) is 4. The number of carboxylic acid groups (broad SMARTS) is 1. The van der Waals surface area contributed by atoms with Crippen LogP contribution in [0.1, 0.15) is 18.4 Å². The summed E-state index contributed by atoms with van der Waals surface area (Å²) in [4.78, 5) is 16.0. The van der Waals surface area contributed by atoms with Crippen molar-refractivity contribution in [3.05, 3.63) is 23.9 Å². The molecule has 5 nitrogen and oxygen atoms in total. The van der Waals surface area contributed by atoms with E-state index < -0.39 is 23.3 Å². The number of halogens is 3. The Morgan fingerprint density at radius 1 is 1.35 bits per heavy atom. The van der Waals surface area contributed by atoms with Gasteiger partial charge in [-0.2, -0.15) is 13.2 Å². The second-order valence-electron chi connectivity index (χ2n) is 4.70. The van der Waals surface area contributed by atoms with Gasteiger partial charge in [-0.25, -0.2) is 9.78 Å². The molecule has 0 amide bonds. The number of piperidine rings is 1. The van der Waals surface area contributed by atoms with E-state index in [0.29, 0.717) is 0 Å². The Morgan fingerprint density at radius 3 is 2.45 bits per heavy atom. The molecule has 0 aliphatic carbocycles. The maximum Gasteiger partial charge on any atom is 0.419 e. The minimum Gasteiger partial charge on any atom is -0.479 e. The van der Waals surface area contributed by atoms with Crippen LogP contribution in [0.15, 0.2) is 18.3 Å². The van der Waals surface area contributed by atoms with E-state index in [0.717, 1.165) is 6.07 Å². The third-order valence-electron chi connectivity index (χ3n) is 3.38. The zero-order valence-electron chi connectivity index (χ0n) is 10.4. The number of alkyl halides is 3. The first-order valence-corrected chi connectivity index (χ1v) is 5.97. The summed E-state index contributed by atoms with van der Waals surface area (Å²) >= 11 is 0. The van der Waals surface area contributed by atoms with E-state index in [1.165, 1.54) is 17.2 Å². The molecule has 1 aliphatic rings. The molecule has 0 atom stereocenters. The van der Waals surface area contributed by atoms with Crippen LogP contribution in [-0.4, -0.2) is 39.9 Å². The van der Waals surface area contributed by atoms with E-state index in [-0.39, 0.29) is 31.7 Å². The molecule has 2 heterocycles. The number of aromatic nitrogens is 1. The smallest absolute Gasteiger partial charge is 0.419 e. The molecule has 0 radical (unpaired) electrons. The fraction of sp³-hybridized carbons (Fsp3) is 0.500. The van der Waals surface area contributed by atoms with Gasteiger partial charge in [0.1, 0.15) is 5.82 Å². The first kappa shape index (κ1) is 14.6. The second-order valence-corrected chi connectivity index (χ2v) is 4.70.